The summed E-state index contributed by atoms with van der Waals surface area (Å²) in [5.41, 5.74) is 7.74. The van der Waals surface area contributed by atoms with Crippen LogP contribution in [0.25, 0.3) is 11.2 Å². The molecule has 0 amide bonds. The van der Waals surface area contributed by atoms with Crippen LogP contribution in [0.3, 0.4) is 0 Å². The maximum absolute atomic E-state index is 5.91. The lowest BCUT2D eigenvalue weighted by Gasteiger charge is -2.13. The SMILES string of the molecule is CC(N)c1nc2cccnc2n1C(C)C. The second kappa shape index (κ2) is 3.62. The zero-order valence-corrected chi connectivity index (χ0v) is 9.31. The average molecular weight is 204 g/mol. The zero-order valence-electron chi connectivity index (χ0n) is 9.31. The van der Waals surface area contributed by atoms with Crippen LogP contribution in [-0.4, -0.2) is 14.5 Å². The highest BCUT2D eigenvalue weighted by Gasteiger charge is 2.16. The lowest BCUT2D eigenvalue weighted by Crippen LogP contribution is -2.15. The van der Waals surface area contributed by atoms with E-state index in [9.17, 15) is 0 Å². The Bertz CT molecular complexity index is 470. The van der Waals surface area contributed by atoms with Gasteiger partial charge in [-0.3, -0.25) is 0 Å². The molecule has 2 aromatic heterocycles. The highest BCUT2D eigenvalue weighted by Crippen LogP contribution is 2.21. The lowest BCUT2D eigenvalue weighted by molar-refractivity contribution is 0.554. The van der Waals surface area contributed by atoms with Crippen LogP contribution in [0, 0.1) is 0 Å². The molecule has 4 heteroatoms. The predicted molar refractivity (Wildman–Crippen MR) is 60.5 cm³/mol. The van der Waals surface area contributed by atoms with Crippen LogP contribution in [0.1, 0.15) is 38.7 Å². The van der Waals surface area contributed by atoms with Crippen LogP contribution in [0.2, 0.25) is 0 Å². The van der Waals surface area contributed by atoms with E-state index in [1.54, 1.807) is 6.20 Å². The Balaban J connectivity index is 2.75. The Labute approximate surface area is 89.1 Å². The van der Waals surface area contributed by atoms with Gasteiger partial charge in [0.15, 0.2) is 5.65 Å². The van der Waals surface area contributed by atoms with E-state index >= 15 is 0 Å². The van der Waals surface area contributed by atoms with Crippen molar-refractivity contribution in [1.29, 1.82) is 0 Å². The first-order valence-corrected chi connectivity index (χ1v) is 5.19. The molecule has 0 aliphatic carbocycles. The van der Waals surface area contributed by atoms with Crippen LogP contribution in [-0.2, 0) is 0 Å². The van der Waals surface area contributed by atoms with Crippen molar-refractivity contribution in [3.63, 3.8) is 0 Å². The number of nitrogens with zero attached hydrogens (tertiary/aromatic N) is 3. The molecule has 0 fully saturated rings. The minimum Gasteiger partial charge on any atom is -0.322 e. The van der Waals surface area contributed by atoms with Gasteiger partial charge in [0.25, 0.3) is 0 Å². The fourth-order valence-electron chi connectivity index (χ4n) is 1.78. The Morgan fingerprint density at radius 1 is 1.33 bits per heavy atom. The molecule has 2 N–H and O–H groups in total. The van der Waals surface area contributed by atoms with Gasteiger partial charge in [-0.25, -0.2) is 9.97 Å². The van der Waals surface area contributed by atoms with Crippen molar-refractivity contribution in [2.45, 2.75) is 32.9 Å². The van der Waals surface area contributed by atoms with Gasteiger partial charge in [-0.2, -0.15) is 0 Å². The van der Waals surface area contributed by atoms with Crippen molar-refractivity contribution in [3.05, 3.63) is 24.2 Å². The van der Waals surface area contributed by atoms with Gasteiger partial charge in [0.05, 0.1) is 6.04 Å². The smallest absolute Gasteiger partial charge is 0.160 e. The summed E-state index contributed by atoms with van der Waals surface area (Å²) in [6, 6.07) is 4.12. The number of rotatable bonds is 2. The normalized spacial score (nSPS) is 13.7. The molecule has 2 heterocycles. The monoisotopic (exact) mass is 204 g/mol. The second-order valence-electron chi connectivity index (χ2n) is 4.07. The molecule has 0 aliphatic rings. The highest BCUT2D eigenvalue weighted by molar-refractivity contribution is 5.71. The summed E-state index contributed by atoms with van der Waals surface area (Å²) < 4.78 is 2.10. The molecule has 80 valence electrons. The topological polar surface area (TPSA) is 56.7 Å². The van der Waals surface area contributed by atoms with Crippen molar-refractivity contribution in [2.75, 3.05) is 0 Å². The number of hydrogen-bond donors (Lipinski definition) is 1. The quantitative estimate of drug-likeness (QED) is 0.814. The summed E-state index contributed by atoms with van der Waals surface area (Å²) in [5.74, 6) is 0.902. The molecule has 0 aliphatic heterocycles. The van der Waals surface area contributed by atoms with Gasteiger partial charge in [-0.15, -0.1) is 0 Å². The fourth-order valence-corrected chi connectivity index (χ4v) is 1.78. The third-order valence-corrected chi connectivity index (χ3v) is 2.40. The molecule has 2 aromatic rings. The van der Waals surface area contributed by atoms with Gasteiger partial charge in [-0.1, -0.05) is 0 Å². The van der Waals surface area contributed by atoms with Crippen molar-refractivity contribution in [2.24, 2.45) is 5.73 Å². The molecule has 0 bridgehead atoms. The second-order valence-corrected chi connectivity index (χ2v) is 4.07. The zero-order chi connectivity index (χ0) is 11.0. The van der Waals surface area contributed by atoms with E-state index < -0.39 is 0 Å². The molecule has 4 nitrogen and oxygen atoms in total. The van der Waals surface area contributed by atoms with E-state index in [0.717, 1.165) is 17.0 Å². The van der Waals surface area contributed by atoms with E-state index in [2.05, 4.69) is 28.4 Å². The summed E-state index contributed by atoms with van der Waals surface area (Å²) in [6.07, 6.45) is 1.79. The first kappa shape index (κ1) is 10.1. The number of imidazole rings is 1. The maximum Gasteiger partial charge on any atom is 0.160 e. The van der Waals surface area contributed by atoms with Gasteiger partial charge in [0.1, 0.15) is 11.3 Å². The summed E-state index contributed by atoms with van der Waals surface area (Å²) in [5, 5.41) is 0. The molecule has 2 rings (SSSR count). The summed E-state index contributed by atoms with van der Waals surface area (Å²) >= 11 is 0. The van der Waals surface area contributed by atoms with E-state index in [0.29, 0.717) is 6.04 Å². The lowest BCUT2D eigenvalue weighted by atomic mass is 10.3. The fraction of sp³-hybridized carbons (Fsp3) is 0.455. The van der Waals surface area contributed by atoms with E-state index in [1.165, 1.54) is 0 Å². The van der Waals surface area contributed by atoms with Gasteiger partial charge < -0.3 is 10.3 Å². The molecule has 0 aromatic carbocycles. The number of hydrogen-bond acceptors (Lipinski definition) is 3. The van der Waals surface area contributed by atoms with Crippen LogP contribution >= 0.6 is 0 Å². The Kier molecular flexibility index (Phi) is 2.44. The van der Waals surface area contributed by atoms with Crippen LogP contribution < -0.4 is 5.73 Å². The average Bonchev–Trinajstić information content (AvgIpc) is 2.56. The Morgan fingerprint density at radius 2 is 2.07 bits per heavy atom. The largest absolute Gasteiger partial charge is 0.322 e. The predicted octanol–water partition coefficient (Wildman–Crippen LogP) is 2.03. The van der Waals surface area contributed by atoms with Gasteiger partial charge in [-0.05, 0) is 32.9 Å². The Hall–Kier alpha value is -1.42. The Morgan fingerprint density at radius 3 is 2.67 bits per heavy atom. The minimum absolute atomic E-state index is 0.0680. The standard InChI is InChI=1S/C11H16N4/c1-7(2)15-10(8(3)12)14-9-5-4-6-13-11(9)15/h4-8H,12H2,1-3H3. The number of aromatic nitrogens is 3. The van der Waals surface area contributed by atoms with Crippen LogP contribution in [0.4, 0.5) is 0 Å². The van der Waals surface area contributed by atoms with E-state index in [1.807, 2.05) is 19.1 Å². The number of nitrogens with two attached hydrogens (primary N) is 1. The van der Waals surface area contributed by atoms with Crippen molar-refractivity contribution in [1.82, 2.24) is 14.5 Å². The molecule has 0 saturated carbocycles. The van der Waals surface area contributed by atoms with Gasteiger partial charge in [0.2, 0.25) is 0 Å². The van der Waals surface area contributed by atoms with Crippen molar-refractivity contribution in [3.8, 4) is 0 Å². The summed E-state index contributed by atoms with van der Waals surface area (Å²) in [6.45, 7) is 6.17. The number of pyridine rings is 1. The third kappa shape index (κ3) is 1.61. The van der Waals surface area contributed by atoms with Crippen molar-refractivity contribution >= 4 is 11.2 Å². The molecule has 0 spiro atoms. The molecule has 0 radical (unpaired) electrons. The van der Waals surface area contributed by atoms with Gasteiger partial charge in [0, 0.05) is 12.2 Å². The summed E-state index contributed by atoms with van der Waals surface area (Å²) in [7, 11) is 0. The van der Waals surface area contributed by atoms with E-state index in [-0.39, 0.29) is 6.04 Å². The molecule has 1 unspecified atom stereocenters. The maximum atomic E-state index is 5.91. The molecular weight excluding hydrogens is 188 g/mol. The minimum atomic E-state index is -0.0680. The summed E-state index contributed by atoms with van der Waals surface area (Å²) in [4.78, 5) is 8.86. The molecule has 0 saturated heterocycles. The van der Waals surface area contributed by atoms with Crippen LogP contribution in [0.15, 0.2) is 18.3 Å². The van der Waals surface area contributed by atoms with Crippen LogP contribution in [0.5, 0.6) is 0 Å². The number of fused-ring (bicyclic) bond motifs is 1. The molecule has 15 heavy (non-hydrogen) atoms. The first-order valence-electron chi connectivity index (χ1n) is 5.19. The molecule has 1 atom stereocenters. The van der Waals surface area contributed by atoms with Crippen molar-refractivity contribution < 1.29 is 0 Å². The van der Waals surface area contributed by atoms with Gasteiger partial charge >= 0.3 is 0 Å². The van der Waals surface area contributed by atoms with E-state index in [4.69, 9.17) is 5.73 Å². The molecular formula is C11H16N4. The first-order chi connectivity index (χ1) is 7.11. The third-order valence-electron chi connectivity index (χ3n) is 2.40. The highest BCUT2D eigenvalue weighted by atomic mass is 15.2.